The molecule has 0 N–H and O–H groups in total. The van der Waals surface area contributed by atoms with Crippen molar-refractivity contribution >= 4 is 33.9 Å². The van der Waals surface area contributed by atoms with E-state index in [-0.39, 0.29) is 12.3 Å². The van der Waals surface area contributed by atoms with Gasteiger partial charge in [-0.3, -0.25) is 4.79 Å². The van der Waals surface area contributed by atoms with Crippen molar-refractivity contribution in [1.82, 2.24) is 4.90 Å². The first-order valence-corrected chi connectivity index (χ1v) is 10.9. The van der Waals surface area contributed by atoms with Gasteiger partial charge in [0.1, 0.15) is 0 Å². The summed E-state index contributed by atoms with van der Waals surface area (Å²) in [4.78, 5) is 33.3. The molecule has 1 aromatic carbocycles. The molecule has 1 amide bonds. The van der Waals surface area contributed by atoms with Crippen molar-refractivity contribution in [2.45, 2.75) is 19.0 Å². The van der Waals surface area contributed by atoms with E-state index in [1.807, 2.05) is 47.4 Å². The van der Waals surface area contributed by atoms with E-state index in [0.717, 1.165) is 9.88 Å². The zero-order chi connectivity index (χ0) is 22.7. The number of alkyl halides is 3. The number of piperazine rings is 1. The van der Waals surface area contributed by atoms with Crippen LogP contribution >= 0.6 is 11.3 Å². The van der Waals surface area contributed by atoms with Crippen LogP contribution in [0.15, 0.2) is 59.3 Å². The molecule has 3 heterocycles. The fourth-order valence-corrected chi connectivity index (χ4v) is 4.66. The molecule has 0 aliphatic carbocycles. The molecule has 0 saturated carbocycles. The highest BCUT2D eigenvalue weighted by Gasteiger charge is 2.45. The first kappa shape index (κ1) is 22.1. The van der Waals surface area contributed by atoms with Gasteiger partial charge in [0, 0.05) is 36.6 Å². The normalized spacial score (nSPS) is 18.2. The van der Waals surface area contributed by atoms with Crippen LogP contribution in [-0.4, -0.2) is 54.8 Å². The average molecular weight is 463 g/mol. The summed E-state index contributed by atoms with van der Waals surface area (Å²) in [5.41, 5.74) is -1.14. The SMILES string of the molecule is O=C1ON=C(C(F)(F)F)/C1=C/CCc1ccc(N2CCN(C(=O)c3ccccc3)CC2)s1. The Morgan fingerprint density at radius 2 is 1.81 bits per heavy atom. The summed E-state index contributed by atoms with van der Waals surface area (Å²) in [5, 5.41) is 3.89. The predicted octanol–water partition coefficient (Wildman–Crippen LogP) is 4.04. The number of carbonyl (C=O) groups excluding carboxylic acids is 2. The maximum atomic E-state index is 12.9. The first-order valence-electron chi connectivity index (χ1n) is 10.1. The molecule has 6 nitrogen and oxygen atoms in total. The number of hydrogen-bond donors (Lipinski definition) is 0. The quantitative estimate of drug-likeness (QED) is 0.496. The Balaban J connectivity index is 1.31. The van der Waals surface area contributed by atoms with Crippen LogP contribution < -0.4 is 4.90 Å². The van der Waals surface area contributed by atoms with E-state index < -0.39 is 23.4 Å². The van der Waals surface area contributed by atoms with Crippen molar-refractivity contribution in [3.8, 4) is 0 Å². The highest BCUT2D eigenvalue weighted by Crippen LogP contribution is 2.30. The van der Waals surface area contributed by atoms with E-state index in [1.165, 1.54) is 6.08 Å². The van der Waals surface area contributed by atoms with Crippen LogP contribution in [0.2, 0.25) is 0 Å². The zero-order valence-corrected chi connectivity index (χ0v) is 17.8. The van der Waals surface area contributed by atoms with Crippen molar-refractivity contribution in [3.05, 3.63) is 64.6 Å². The van der Waals surface area contributed by atoms with Crippen LogP contribution in [0.3, 0.4) is 0 Å². The van der Waals surface area contributed by atoms with Gasteiger partial charge in [-0.25, -0.2) is 4.79 Å². The number of carbonyl (C=O) groups is 2. The second-order valence-corrected chi connectivity index (χ2v) is 8.50. The van der Waals surface area contributed by atoms with Crippen molar-refractivity contribution < 1.29 is 27.6 Å². The molecule has 0 unspecified atom stereocenters. The number of amides is 1. The number of anilines is 1. The summed E-state index contributed by atoms with van der Waals surface area (Å²) in [6, 6.07) is 13.1. The molecule has 1 fully saturated rings. The summed E-state index contributed by atoms with van der Waals surface area (Å²) in [6.07, 6.45) is -2.73. The number of halogens is 3. The van der Waals surface area contributed by atoms with Crippen LogP contribution in [0.25, 0.3) is 0 Å². The minimum Gasteiger partial charge on any atom is -0.360 e. The van der Waals surface area contributed by atoms with Gasteiger partial charge < -0.3 is 14.6 Å². The lowest BCUT2D eigenvalue weighted by Gasteiger charge is -2.35. The largest absolute Gasteiger partial charge is 0.437 e. The molecular formula is C22H20F3N3O3S. The lowest BCUT2D eigenvalue weighted by atomic mass is 10.1. The third-order valence-corrected chi connectivity index (χ3v) is 6.46. The predicted molar refractivity (Wildman–Crippen MR) is 115 cm³/mol. The Labute approximate surface area is 186 Å². The number of nitrogens with zero attached hydrogens (tertiary/aromatic N) is 3. The number of oxime groups is 1. The van der Waals surface area contributed by atoms with Gasteiger partial charge >= 0.3 is 12.1 Å². The monoisotopic (exact) mass is 463 g/mol. The van der Waals surface area contributed by atoms with Crippen molar-refractivity contribution in [3.63, 3.8) is 0 Å². The standard InChI is InChI=1S/C22H20F3N3O3S/c23-22(24,25)19-17(21(30)31-26-19)8-4-7-16-9-10-18(32-16)27-11-13-28(14-12-27)20(29)15-5-2-1-3-6-15/h1-3,5-6,8-10H,4,7,11-14H2/b17-8-. The Kier molecular flexibility index (Phi) is 6.31. The van der Waals surface area contributed by atoms with Crippen molar-refractivity contribution in [2.75, 3.05) is 31.1 Å². The molecule has 2 aromatic rings. The van der Waals surface area contributed by atoms with Gasteiger partial charge in [0.15, 0.2) is 5.71 Å². The van der Waals surface area contributed by atoms with Gasteiger partial charge in [0.05, 0.1) is 10.6 Å². The molecule has 2 aliphatic rings. The average Bonchev–Trinajstić information content (AvgIpc) is 3.41. The molecule has 10 heteroatoms. The smallest absolute Gasteiger partial charge is 0.360 e. The minimum absolute atomic E-state index is 0.0253. The molecule has 0 radical (unpaired) electrons. The van der Waals surface area contributed by atoms with Gasteiger partial charge in [-0.15, -0.1) is 11.3 Å². The van der Waals surface area contributed by atoms with E-state index >= 15 is 0 Å². The fourth-order valence-electron chi connectivity index (χ4n) is 3.59. The van der Waals surface area contributed by atoms with Gasteiger partial charge in [-0.2, -0.15) is 13.2 Å². The van der Waals surface area contributed by atoms with E-state index in [0.29, 0.717) is 38.2 Å². The van der Waals surface area contributed by atoms with Gasteiger partial charge in [-0.1, -0.05) is 29.4 Å². The molecular weight excluding hydrogens is 443 g/mol. The molecule has 0 spiro atoms. The molecule has 1 saturated heterocycles. The number of allylic oxidation sites excluding steroid dienone is 1. The molecule has 32 heavy (non-hydrogen) atoms. The third-order valence-electron chi connectivity index (χ3n) is 5.25. The number of hydrogen-bond acceptors (Lipinski definition) is 6. The number of benzene rings is 1. The van der Waals surface area contributed by atoms with E-state index in [4.69, 9.17) is 0 Å². The Hall–Kier alpha value is -3.14. The molecule has 168 valence electrons. The summed E-state index contributed by atoms with van der Waals surface area (Å²) >= 11 is 1.56. The van der Waals surface area contributed by atoms with E-state index in [2.05, 4.69) is 14.9 Å². The zero-order valence-electron chi connectivity index (χ0n) is 17.0. The van der Waals surface area contributed by atoms with Crippen molar-refractivity contribution in [1.29, 1.82) is 0 Å². The lowest BCUT2D eigenvalue weighted by molar-refractivity contribution is -0.136. The van der Waals surface area contributed by atoms with Gasteiger partial charge in [0.25, 0.3) is 5.91 Å². The Morgan fingerprint density at radius 1 is 1.09 bits per heavy atom. The fraction of sp³-hybridized carbons (Fsp3) is 0.318. The number of aryl methyl sites for hydroxylation is 1. The third kappa shape index (κ3) is 4.85. The van der Waals surface area contributed by atoms with Crippen LogP contribution in [-0.2, 0) is 16.1 Å². The summed E-state index contributed by atoms with van der Waals surface area (Å²) in [7, 11) is 0. The highest BCUT2D eigenvalue weighted by molar-refractivity contribution is 7.16. The summed E-state index contributed by atoms with van der Waals surface area (Å²) in [5.74, 6) is -1.05. The second kappa shape index (κ2) is 9.15. The lowest BCUT2D eigenvalue weighted by Crippen LogP contribution is -2.48. The minimum atomic E-state index is -4.72. The van der Waals surface area contributed by atoms with Crippen LogP contribution in [0.4, 0.5) is 18.2 Å². The molecule has 1 aromatic heterocycles. The number of thiophene rings is 1. The molecule has 4 rings (SSSR count). The topological polar surface area (TPSA) is 62.2 Å². The van der Waals surface area contributed by atoms with Crippen molar-refractivity contribution in [2.24, 2.45) is 5.16 Å². The van der Waals surface area contributed by atoms with Crippen LogP contribution in [0, 0.1) is 0 Å². The highest BCUT2D eigenvalue weighted by atomic mass is 32.1. The molecule has 2 aliphatic heterocycles. The first-order chi connectivity index (χ1) is 15.3. The summed E-state index contributed by atoms with van der Waals surface area (Å²) in [6.45, 7) is 2.66. The van der Waals surface area contributed by atoms with Crippen LogP contribution in [0.1, 0.15) is 21.7 Å². The maximum Gasteiger partial charge on any atom is 0.437 e. The van der Waals surface area contributed by atoms with Crippen LogP contribution in [0.5, 0.6) is 0 Å². The van der Waals surface area contributed by atoms with E-state index in [1.54, 1.807) is 11.3 Å². The van der Waals surface area contributed by atoms with E-state index in [9.17, 15) is 22.8 Å². The summed E-state index contributed by atoms with van der Waals surface area (Å²) < 4.78 is 38.7. The van der Waals surface area contributed by atoms with Gasteiger partial charge in [0.2, 0.25) is 0 Å². The Morgan fingerprint density at radius 3 is 2.50 bits per heavy atom. The number of rotatable bonds is 5. The maximum absolute atomic E-state index is 12.9. The molecule has 0 atom stereocenters. The molecule has 0 bridgehead atoms. The van der Waals surface area contributed by atoms with Gasteiger partial charge in [-0.05, 0) is 37.1 Å². The second-order valence-electron chi connectivity index (χ2n) is 7.36. The Bertz CT molecular complexity index is 1060.